The second-order valence-corrected chi connectivity index (χ2v) is 10.0. The summed E-state index contributed by atoms with van der Waals surface area (Å²) in [6.07, 6.45) is 11.2. The molecule has 0 unspecified atom stereocenters. The van der Waals surface area contributed by atoms with Gasteiger partial charge in [-0.1, -0.05) is 48.5 Å². The first-order chi connectivity index (χ1) is 20.3. The van der Waals surface area contributed by atoms with Gasteiger partial charge >= 0.3 is 0 Å². The maximum Gasteiger partial charge on any atom is 0.0887 e. The molecule has 3 aromatic carbocycles. The highest BCUT2D eigenvalue weighted by Gasteiger charge is 2.19. The molecule has 0 fully saturated rings. The number of nitrogens with zero attached hydrogens (tertiary/aromatic N) is 5. The summed E-state index contributed by atoms with van der Waals surface area (Å²) < 4.78 is 2.34. The molecule has 5 nitrogen and oxygen atoms in total. The van der Waals surface area contributed by atoms with Gasteiger partial charge in [-0.3, -0.25) is 19.9 Å². The standard InChI is InChI=1S/C36H23N5/c1-2-10-29-28(9-1)30(26-8-6-17-38-22-26)20-32-31-19-24(25-7-5-16-37-21-25)12-15-35(31)41(36(29)32)27-13-14-34(40-23-27)33-11-3-4-18-39-33/h1-23H. The fraction of sp³-hybridized carbons (Fsp3) is 0. The van der Waals surface area contributed by atoms with E-state index in [9.17, 15) is 0 Å². The van der Waals surface area contributed by atoms with E-state index >= 15 is 0 Å². The Morgan fingerprint density at radius 1 is 0.463 bits per heavy atom. The highest BCUT2D eigenvalue weighted by atomic mass is 15.0. The maximum absolute atomic E-state index is 4.83. The minimum Gasteiger partial charge on any atom is -0.307 e. The van der Waals surface area contributed by atoms with E-state index in [1.807, 2.05) is 67.4 Å². The van der Waals surface area contributed by atoms with Gasteiger partial charge in [0.25, 0.3) is 0 Å². The van der Waals surface area contributed by atoms with Crippen molar-refractivity contribution < 1.29 is 0 Å². The quantitative estimate of drug-likeness (QED) is 0.231. The van der Waals surface area contributed by atoms with E-state index in [0.717, 1.165) is 50.4 Å². The van der Waals surface area contributed by atoms with Gasteiger partial charge in [0.1, 0.15) is 0 Å². The number of pyridine rings is 4. The van der Waals surface area contributed by atoms with Crippen molar-refractivity contribution in [2.45, 2.75) is 0 Å². The number of benzene rings is 3. The van der Waals surface area contributed by atoms with Crippen LogP contribution in [0.15, 0.2) is 140 Å². The highest BCUT2D eigenvalue weighted by molar-refractivity contribution is 6.22. The molecule has 41 heavy (non-hydrogen) atoms. The first-order valence-electron chi connectivity index (χ1n) is 13.5. The molecule has 0 saturated carbocycles. The summed E-state index contributed by atoms with van der Waals surface area (Å²) in [5.41, 5.74) is 9.44. The Labute approximate surface area is 236 Å². The summed E-state index contributed by atoms with van der Waals surface area (Å²) in [6, 6.07) is 35.9. The lowest BCUT2D eigenvalue weighted by Gasteiger charge is -2.13. The van der Waals surface area contributed by atoms with E-state index in [0.29, 0.717) is 0 Å². The Kier molecular flexibility index (Phi) is 5.38. The third-order valence-electron chi connectivity index (χ3n) is 7.67. The number of aromatic nitrogens is 5. The van der Waals surface area contributed by atoms with Gasteiger partial charge in [0.2, 0.25) is 0 Å². The average molecular weight is 526 g/mol. The van der Waals surface area contributed by atoms with Crippen LogP contribution in [0.1, 0.15) is 0 Å². The van der Waals surface area contributed by atoms with Crippen LogP contribution in [-0.4, -0.2) is 24.5 Å². The van der Waals surface area contributed by atoms with E-state index in [-0.39, 0.29) is 0 Å². The normalized spacial score (nSPS) is 11.4. The van der Waals surface area contributed by atoms with Gasteiger partial charge < -0.3 is 4.57 Å². The first kappa shape index (κ1) is 23.2. The third-order valence-corrected chi connectivity index (χ3v) is 7.67. The van der Waals surface area contributed by atoms with Gasteiger partial charge in [0, 0.05) is 58.3 Å². The summed E-state index contributed by atoms with van der Waals surface area (Å²) in [5, 5.41) is 4.71. The second kappa shape index (κ2) is 9.50. The molecule has 0 amide bonds. The fourth-order valence-electron chi connectivity index (χ4n) is 5.80. The molecule has 0 aliphatic carbocycles. The van der Waals surface area contributed by atoms with Crippen molar-refractivity contribution in [3.05, 3.63) is 140 Å². The lowest BCUT2D eigenvalue weighted by Crippen LogP contribution is -1.97. The van der Waals surface area contributed by atoms with Crippen molar-refractivity contribution in [3.63, 3.8) is 0 Å². The largest absolute Gasteiger partial charge is 0.307 e. The molecule has 5 heteroatoms. The van der Waals surface area contributed by atoms with Crippen LogP contribution in [0, 0.1) is 0 Å². The Bertz CT molecular complexity index is 2170. The molecule has 0 atom stereocenters. The smallest absolute Gasteiger partial charge is 0.0887 e. The summed E-state index contributed by atoms with van der Waals surface area (Å²) in [6.45, 7) is 0. The Morgan fingerprint density at radius 2 is 1.24 bits per heavy atom. The zero-order chi connectivity index (χ0) is 27.2. The predicted octanol–water partition coefficient (Wildman–Crippen LogP) is 8.52. The minimum atomic E-state index is 0.845. The Morgan fingerprint density at radius 3 is 1.98 bits per heavy atom. The molecular formula is C36H23N5. The molecule has 0 saturated heterocycles. The van der Waals surface area contributed by atoms with Crippen LogP contribution in [0.2, 0.25) is 0 Å². The number of hydrogen-bond donors (Lipinski definition) is 0. The summed E-state index contributed by atoms with van der Waals surface area (Å²) in [4.78, 5) is 18.1. The number of rotatable bonds is 4. The molecule has 5 heterocycles. The van der Waals surface area contributed by atoms with Crippen LogP contribution >= 0.6 is 0 Å². The minimum absolute atomic E-state index is 0.845. The van der Waals surface area contributed by atoms with Crippen molar-refractivity contribution in [2.75, 3.05) is 0 Å². The van der Waals surface area contributed by atoms with Crippen LogP contribution < -0.4 is 0 Å². The van der Waals surface area contributed by atoms with Crippen LogP contribution in [0.3, 0.4) is 0 Å². The third kappa shape index (κ3) is 3.86. The summed E-state index contributed by atoms with van der Waals surface area (Å²) >= 11 is 0. The Hall–Kier alpha value is -5.68. The van der Waals surface area contributed by atoms with Crippen molar-refractivity contribution in [2.24, 2.45) is 0 Å². The molecule has 0 spiro atoms. The molecule has 8 rings (SSSR count). The second-order valence-electron chi connectivity index (χ2n) is 10.0. The first-order valence-corrected chi connectivity index (χ1v) is 13.5. The predicted molar refractivity (Wildman–Crippen MR) is 166 cm³/mol. The fourth-order valence-corrected chi connectivity index (χ4v) is 5.80. The monoisotopic (exact) mass is 525 g/mol. The van der Waals surface area contributed by atoms with Crippen molar-refractivity contribution in [1.29, 1.82) is 0 Å². The molecule has 0 N–H and O–H groups in total. The highest BCUT2D eigenvalue weighted by Crippen LogP contribution is 2.42. The SMILES string of the molecule is c1ccc(-c2ccc(-n3c4ccc(-c5cccnc5)cc4c4cc(-c5cccnc5)c5ccccc5c43)cn2)nc1. The maximum atomic E-state index is 4.83. The zero-order valence-electron chi connectivity index (χ0n) is 22.0. The molecule has 8 aromatic rings. The van der Waals surface area contributed by atoms with E-state index in [1.165, 1.54) is 21.5 Å². The van der Waals surface area contributed by atoms with Crippen molar-refractivity contribution >= 4 is 32.6 Å². The Balaban J connectivity index is 1.46. The van der Waals surface area contributed by atoms with Gasteiger partial charge in [-0.25, -0.2) is 0 Å². The summed E-state index contributed by atoms with van der Waals surface area (Å²) in [7, 11) is 0. The topological polar surface area (TPSA) is 56.5 Å². The van der Waals surface area contributed by atoms with Gasteiger partial charge in [0.05, 0.1) is 34.3 Å². The number of hydrogen-bond acceptors (Lipinski definition) is 4. The van der Waals surface area contributed by atoms with E-state index in [4.69, 9.17) is 4.98 Å². The molecule has 5 aromatic heterocycles. The lowest BCUT2D eigenvalue weighted by molar-refractivity contribution is 1.14. The lowest BCUT2D eigenvalue weighted by atomic mass is 9.95. The summed E-state index contributed by atoms with van der Waals surface area (Å²) in [5.74, 6) is 0. The van der Waals surface area contributed by atoms with E-state index < -0.39 is 0 Å². The van der Waals surface area contributed by atoms with Crippen LogP contribution in [0.25, 0.3) is 71.9 Å². The van der Waals surface area contributed by atoms with E-state index in [1.54, 1.807) is 6.20 Å². The van der Waals surface area contributed by atoms with Gasteiger partial charge in [-0.05, 0) is 71.1 Å². The molecule has 0 bridgehead atoms. The zero-order valence-corrected chi connectivity index (χ0v) is 22.0. The van der Waals surface area contributed by atoms with Crippen molar-refractivity contribution in [3.8, 4) is 39.3 Å². The van der Waals surface area contributed by atoms with Gasteiger partial charge in [-0.15, -0.1) is 0 Å². The molecule has 0 radical (unpaired) electrons. The molecule has 192 valence electrons. The van der Waals surface area contributed by atoms with E-state index in [2.05, 4.69) is 86.2 Å². The van der Waals surface area contributed by atoms with Crippen LogP contribution in [0.5, 0.6) is 0 Å². The van der Waals surface area contributed by atoms with Gasteiger partial charge in [0.15, 0.2) is 0 Å². The van der Waals surface area contributed by atoms with Gasteiger partial charge in [-0.2, -0.15) is 0 Å². The molecule has 0 aliphatic rings. The number of fused-ring (bicyclic) bond motifs is 5. The average Bonchev–Trinajstić information content (AvgIpc) is 3.39. The molecular weight excluding hydrogens is 502 g/mol. The van der Waals surface area contributed by atoms with Crippen molar-refractivity contribution in [1.82, 2.24) is 24.5 Å². The van der Waals surface area contributed by atoms with Crippen LogP contribution in [0.4, 0.5) is 0 Å². The van der Waals surface area contributed by atoms with Crippen LogP contribution in [-0.2, 0) is 0 Å². The molecule has 0 aliphatic heterocycles.